The zero-order valence-corrected chi connectivity index (χ0v) is 20.1. The Morgan fingerprint density at radius 2 is 1.85 bits per heavy atom. The SMILES string of the molecule is CN(C(=O)[C@H]1C[C@H](OCc2ccccc2)CN1)c1ccc(Cl)cc1-c1nc2ccc(Cl)cc2[nH]1. The van der Waals surface area contributed by atoms with Crippen molar-refractivity contribution in [2.24, 2.45) is 0 Å². The van der Waals surface area contributed by atoms with Crippen molar-refractivity contribution in [3.8, 4) is 11.4 Å². The summed E-state index contributed by atoms with van der Waals surface area (Å²) >= 11 is 12.4. The molecule has 0 spiro atoms. The van der Waals surface area contributed by atoms with Crippen LogP contribution >= 0.6 is 23.2 Å². The lowest BCUT2D eigenvalue weighted by atomic mass is 10.1. The average Bonchev–Trinajstić information content (AvgIpc) is 3.49. The summed E-state index contributed by atoms with van der Waals surface area (Å²) in [5, 5.41) is 4.50. The van der Waals surface area contributed by atoms with E-state index in [1.807, 2.05) is 54.6 Å². The van der Waals surface area contributed by atoms with E-state index < -0.39 is 0 Å². The van der Waals surface area contributed by atoms with Crippen LogP contribution in [0.1, 0.15) is 12.0 Å². The number of rotatable bonds is 6. The van der Waals surface area contributed by atoms with E-state index in [0.29, 0.717) is 35.4 Å². The molecule has 2 heterocycles. The first kappa shape index (κ1) is 22.9. The number of aromatic nitrogens is 2. The van der Waals surface area contributed by atoms with Gasteiger partial charge in [0.15, 0.2) is 0 Å². The van der Waals surface area contributed by atoms with Crippen LogP contribution in [0.15, 0.2) is 66.7 Å². The van der Waals surface area contributed by atoms with E-state index in [2.05, 4.69) is 15.3 Å². The molecule has 0 unspecified atom stereocenters. The molecule has 1 aliphatic rings. The summed E-state index contributed by atoms with van der Waals surface area (Å²) in [6.45, 7) is 1.16. The van der Waals surface area contributed by atoms with Gasteiger partial charge in [-0.1, -0.05) is 53.5 Å². The normalized spacial score (nSPS) is 17.9. The molecule has 6 nitrogen and oxygen atoms in total. The number of carbonyl (C=O) groups is 1. The number of anilines is 1. The molecule has 1 aliphatic heterocycles. The summed E-state index contributed by atoms with van der Waals surface area (Å²) in [6, 6.07) is 20.6. The van der Waals surface area contributed by atoms with Gasteiger partial charge in [-0.05, 0) is 48.4 Å². The number of benzene rings is 3. The quantitative estimate of drug-likeness (QED) is 0.374. The molecule has 0 saturated carbocycles. The summed E-state index contributed by atoms with van der Waals surface area (Å²) in [6.07, 6.45) is 0.592. The topological polar surface area (TPSA) is 70.2 Å². The van der Waals surface area contributed by atoms with Gasteiger partial charge in [-0.25, -0.2) is 4.98 Å². The number of aromatic amines is 1. The van der Waals surface area contributed by atoms with Crippen LogP contribution in [0.25, 0.3) is 22.4 Å². The van der Waals surface area contributed by atoms with Gasteiger partial charge in [0, 0.05) is 29.2 Å². The first-order chi connectivity index (χ1) is 16.5. The van der Waals surface area contributed by atoms with Gasteiger partial charge in [0.25, 0.3) is 0 Å². The van der Waals surface area contributed by atoms with E-state index in [4.69, 9.17) is 27.9 Å². The third-order valence-electron chi connectivity index (χ3n) is 6.07. The summed E-state index contributed by atoms with van der Waals surface area (Å²) in [5.74, 6) is 0.589. The zero-order chi connectivity index (χ0) is 23.7. The van der Waals surface area contributed by atoms with E-state index in [0.717, 1.165) is 27.8 Å². The molecular formula is C26H24Cl2N4O2. The minimum atomic E-state index is -0.330. The smallest absolute Gasteiger partial charge is 0.243 e. The molecule has 2 N–H and O–H groups in total. The number of fused-ring (bicyclic) bond motifs is 1. The van der Waals surface area contributed by atoms with E-state index in [1.165, 1.54) is 0 Å². The molecule has 8 heteroatoms. The summed E-state index contributed by atoms with van der Waals surface area (Å²) in [7, 11) is 1.77. The molecule has 1 fully saturated rings. The van der Waals surface area contributed by atoms with Crippen molar-refractivity contribution in [3.63, 3.8) is 0 Å². The molecule has 0 bridgehead atoms. The van der Waals surface area contributed by atoms with Gasteiger partial charge in [-0.2, -0.15) is 0 Å². The number of hydrogen-bond donors (Lipinski definition) is 2. The number of carbonyl (C=O) groups excluding carboxylic acids is 1. The Hall–Kier alpha value is -2.90. The second kappa shape index (κ2) is 9.76. The number of nitrogens with one attached hydrogen (secondary N) is 2. The molecule has 1 saturated heterocycles. The van der Waals surface area contributed by atoms with Crippen LogP contribution in [0.3, 0.4) is 0 Å². The Morgan fingerprint density at radius 3 is 2.68 bits per heavy atom. The van der Waals surface area contributed by atoms with Crippen molar-refractivity contribution < 1.29 is 9.53 Å². The van der Waals surface area contributed by atoms with E-state index in [9.17, 15) is 4.79 Å². The standard InChI is InChI=1S/C26H24Cl2N4O2/c1-32(26(33)23-13-19(14-29-23)34-15-16-5-3-2-4-6-16)24-10-8-17(27)11-20(24)25-30-21-9-7-18(28)12-22(21)31-25/h2-12,19,23,29H,13-15H2,1H3,(H,30,31)/t19-,23+/m0/s1. The molecule has 0 aliphatic carbocycles. The zero-order valence-electron chi connectivity index (χ0n) is 18.6. The maximum atomic E-state index is 13.4. The highest BCUT2D eigenvalue weighted by molar-refractivity contribution is 6.31. The third kappa shape index (κ3) is 4.81. The summed E-state index contributed by atoms with van der Waals surface area (Å²) in [5.41, 5.74) is 4.18. The lowest BCUT2D eigenvalue weighted by molar-refractivity contribution is -0.120. The van der Waals surface area contributed by atoms with Crippen molar-refractivity contribution in [1.82, 2.24) is 15.3 Å². The van der Waals surface area contributed by atoms with Crippen LogP contribution < -0.4 is 10.2 Å². The highest BCUT2D eigenvalue weighted by Gasteiger charge is 2.33. The number of imidazole rings is 1. The maximum absolute atomic E-state index is 13.4. The third-order valence-corrected chi connectivity index (χ3v) is 6.54. The number of amides is 1. The molecule has 1 aromatic heterocycles. The predicted octanol–water partition coefficient (Wildman–Crippen LogP) is 5.45. The van der Waals surface area contributed by atoms with Crippen molar-refractivity contribution >= 4 is 45.8 Å². The van der Waals surface area contributed by atoms with Gasteiger partial charge >= 0.3 is 0 Å². The van der Waals surface area contributed by atoms with Crippen molar-refractivity contribution in [2.45, 2.75) is 25.2 Å². The fourth-order valence-corrected chi connectivity index (χ4v) is 4.60. The molecule has 0 radical (unpaired) electrons. The lowest BCUT2D eigenvalue weighted by Crippen LogP contribution is -2.41. The highest BCUT2D eigenvalue weighted by Crippen LogP contribution is 2.33. The van der Waals surface area contributed by atoms with Gasteiger partial charge in [-0.3, -0.25) is 4.79 Å². The minimum Gasteiger partial charge on any atom is -0.372 e. The van der Waals surface area contributed by atoms with Gasteiger partial charge < -0.3 is 19.9 Å². The molecule has 2 atom stereocenters. The molecule has 34 heavy (non-hydrogen) atoms. The molecule has 5 rings (SSSR count). The fourth-order valence-electron chi connectivity index (χ4n) is 4.26. The molecule has 1 amide bonds. The summed E-state index contributed by atoms with van der Waals surface area (Å²) in [4.78, 5) is 23.0. The Morgan fingerprint density at radius 1 is 1.09 bits per heavy atom. The van der Waals surface area contributed by atoms with Crippen LogP contribution in [0.2, 0.25) is 10.0 Å². The Labute approximate surface area is 207 Å². The lowest BCUT2D eigenvalue weighted by Gasteiger charge is -2.23. The Kier molecular flexibility index (Phi) is 6.57. The van der Waals surface area contributed by atoms with E-state index in [-0.39, 0.29) is 18.1 Å². The van der Waals surface area contributed by atoms with E-state index in [1.54, 1.807) is 24.1 Å². The number of halogens is 2. The van der Waals surface area contributed by atoms with Crippen LogP contribution in [-0.2, 0) is 16.1 Å². The van der Waals surface area contributed by atoms with Crippen molar-refractivity contribution in [2.75, 3.05) is 18.5 Å². The predicted molar refractivity (Wildman–Crippen MR) is 136 cm³/mol. The number of H-pyrrole nitrogens is 1. The monoisotopic (exact) mass is 494 g/mol. The van der Waals surface area contributed by atoms with Crippen LogP contribution in [0, 0.1) is 0 Å². The molecule has 3 aromatic carbocycles. The average molecular weight is 495 g/mol. The Balaban J connectivity index is 1.33. The van der Waals surface area contributed by atoms with Gasteiger partial charge in [0.2, 0.25) is 5.91 Å². The fraction of sp³-hybridized carbons (Fsp3) is 0.231. The highest BCUT2D eigenvalue weighted by atomic mass is 35.5. The largest absolute Gasteiger partial charge is 0.372 e. The number of hydrogen-bond acceptors (Lipinski definition) is 4. The summed E-state index contributed by atoms with van der Waals surface area (Å²) < 4.78 is 6.03. The van der Waals surface area contributed by atoms with Gasteiger partial charge in [-0.15, -0.1) is 0 Å². The van der Waals surface area contributed by atoms with Gasteiger partial charge in [0.1, 0.15) is 5.82 Å². The number of ether oxygens (including phenoxy) is 1. The number of nitrogens with zero attached hydrogens (tertiary/aromatic N) is 2. The maximum Gasteiger partial charge on any atom is 0.243 e. The first-order valence-electron chi connectivity index (χ1n) is 11.1. The van der Waals surface area contributed by atoms with Crippen LogP contribution in [0.5, 0.6) is 0 Å². The first-order valence-corrected chi connectivity index (χ1v) is 11.8. The van der Waals surface area contributed by atoms with Gasteiger partial charge in [0.05, 0.1) is 35.5 Å². The molecule has 4 aromatic rings. The molecular weight excluding hydrogens is 471 g/mol. The van der Waals surface area contributed by atoms with Crippen LogP contribution in [0.4, 0.5) is 5.69 Å². The molecule has 174 valence electrons. The minimum absolute atomic E-state index is 0.0210. The van der Waals surface area contributed by atoms with Crippen molar-refractivity contribution in [1.29, 1.82) is 0 Å². The number of likely N-dealkylation sites (N-methyl/N-ethyl adjacent to an activating group) is 1. The second-order valence-corrected chi connectivity index (χ2v) is 9.29. The van der Waals surface area contributed by atoms with Crippen LogP contribution in [-0.4, -0.2) is 41.6 Å². The van der Waals surface area contributed by atoms with E-state index >= 15 is 0 Å². The Bertz CT molecular complexity index is 1330. The second-order valence-electron chi connectivity index (χ2n) is 8.42. The van der Waals surface area contributed by atoms with Crippen molar-refractivity contribution in [3.05, 3.63) is 82.3 Å².